The van der Waals surface area contributed by atoms with Gasteiger partial charge in [0.15, 0.2) is 0 Å². The predicted octanol–water partition coefficient (Wildman–Crippen LogP) is 7.96. The topological polar surface area (TPSA) is 0 Å². The zero-order valence-electron chi connectivity index (χ0n) is 16.1. The molecule has 0 heteroatoms. The quantitative estimate of drug-likeness (QED) is 0.341. The van der Waals surface area contributed by atoms with Gasteiger partial charge in [-0.25, -0.2) is 0 Å². The van der Waals surface area contributed by atoms with E-state index in [1.807, 2.05) is 0 Å². The molecule has 1 aromatic rings. The van der Waals surface area contributed by atoms with E-state index in [4.69, 9.17) is 0 Å². The fourth-order valence-corrected chi connectivity index (χ4v) is 4.48. The second-order valence-electron chi connectivity index (χ2n) is 8.17. The van der Waals surface area contributed by atoms with Crippen LogP contribution in [0.1, 0.15) is 102 Å². The number of unbranched alkanes of at least 4 members (excludes halogenated alkanes) is 3. The van der Waals surface area contributed by atoms with Gasteiger partial charge in [0, 0.05) is 0 Å². The molecule has 24 heavy (non-hydrogen) atoms. The van der Waals surface area contributed by atoms with Crippen LogP contribution in [-0.4, -0.2) is 0 Å². The van der Waals surface area contributed by atoms with Crippen molar-refractivity contribution in [3.8, 4) is 0 Å². The lowest BCUT2D eigenvalue weighted by Gasteiger charge is -2.23. The molecule has 0 nitrogen and oxygen atoms in total. The highest BCUT2D eigenvalue weighted by Gasteiger charge is 2.15. The Morgan fingerprint density at radius 2 is 1.58 bits per heavy atom. The third kappa shape index (κ3) is 8.36. The molecule has 1 aliphatic carbocycles. The highest BCUT2D eigenvalue weighted by Crippen LogP contribution is 2.30. The first-order chi connectivity index (χ1) is 11.9. The molecule has 1 unspecified atom stereocenters. The maximum atomic E-state index is 2.32. The third-order valence-electron chi connectivity index (χ3n) is 6.10. The average Bonchev–Trinajstić information content (AvgIpc) is 2.64. The first kappa shape index (κ1) is 19.5. The zero-order chi connectivity index (χ0) is 16.9. The van der Waals surface area contributed by atoms with Crippen LogP contribution in [-0.2, 0) is 6.42 Å². The summed E-state index contributed by atoms with van der Waals surface area (Å²) in [7, 11) is 0. The summed E-state index contributed by atoms with van der Waals surface area (Å²) < 4.78 is 0. The molecule has 0 saturated heterocycles. The van der Waals surface area contributed by atoms with E-state index in [-0.39, 0.29) is 0 Å². The maximum Gasteiger partial charge on any atom is -0.0276 e. The summed E-state index contributed by atoms with van der Waals surface area (Å²) >= 11 is 0. The second kappa shape index (κ2) is 12.6. The standard InChI is InChI=1S/C24H40/c1-2-3-4-7-15-24(21-20-23-16-10-6-11-17-23)19-12-18-22-13-8-5-9-14-22/h6,10-11,16-17,22,24H,2-5,7-9,12-15,18-21H2,1H3. The van der Waals surface area contributed by atoms with Crippen LogP contribution in [0.4, 0.5) is 0 Å². The first-order valence-corrected chi connectivity index (χ1v) is 10.9. The Morgan fingerprint density at radius 3 is 2.33 bits per heavy atom. The van der Waals surface area contributed by atoms with Gasteiger partial charge in [-0.05, 0) is 30.2 Å². The molecule has 1 fully saturated rings. The van der Waals surface area contributed by atoms with E-state index in [1.54, 1.807) is 0 Å². The Balaban J connectivity index is 1.69. The fourth-order valence-electron chi connectivity index (χ4n) is 4.48. The van der Waals surface area contributed by atoms with Gasteiger partial charge < -0.3 is 0 Å². The molecule has 0 aliphatic heterocycles. The van der Waals surface area contributed by atoms with E-state index < -0.39 is 0 Å². The van der Waals surface area contributed by atoms with Crippen LogP contribution in [0.15, 0.2) is 30.3 Å². The van der Waals surface area contributed by atoms with Crippen molar-refractivity contribution in [1.82, 2.24) is 0 Å². The van der Waals surface area contributed by atoms with Gasteiger partial charge >= 0.3 is 0 Å². The van der Waals surface area contributed by atoms with E-state index in [2.05, 4.69) is 37.3 Å². The maximum absolute atomic E-state index is 2.32. The van der Waals surface area contributed by atoms with E-state index in [9.17, 15) is 0 Å². The van der Waals surface area contributed by atoms with Gasteiger partial charge in [-0.1, -0.05) is 121 Å². The molecule has 0 spiro atoms. The Morgan fingerprint density at radius 1 is 0.833 bits per heavy atom. The van der Waals surface area contributed by atoms with Gasteiger partial charge in [0.25, 0.3) is 0 Å². The van der Waals surface area contributed by atoms with E-state index in [0.29, 0.717) is 0 Å². The molecule has 0 N–H and O–H groups in total. The predicted molar refractivity (Wildman–Crippen MR) is 107 cm³/mol. The van der Waals surface area contributed by atoms with E-state index in [1.165, 1.54) is 102 Å². The van der Waals surface area contributed by atoms with Crippen molar-refractivity contribution in [3.63, 3.8) is 0 Å². The summed E-state index contributed by atoms with van der Waals surface area (Å²) in [5.74, 6) is 2.03. The minimum absolute atomic E-state index is 0.964. The largest absolute Gasteiger partial charge is 0.0654 e. The molecule has 1 atom stereocenters. The highest BCUT2D eigenvalue weighted by atomic mass is 14.2. The molecule has 0 bridgehead atoms. The van der Waals surface area contributed by atoms with Gasteiger partial charge in [0.2, 0.25) is 0 Å². The van der Waals surface area contributed by atoms with Gasteiger partial charge in [0.1, 0.15) is 0 Å². The summed E-state index contributed by atoms with van der Waals surface area (Å²) in [4.78, 5) is 0. The van der Waals surface area contributed by atoms with Crippen molar-refractivity contribution in [3.05, 3.63) is 35.9 Å². The monoisotopic (exact) mass is 328 g/mol. The molecule has 1 aliphatic rings. The third-order valence-corrected chi connectivity index (χ3v) is 6.10. The second-order valence-corrected chi connectivity index (χ2v) is 8.17. The fraction of sp³-hybridized carbons (Fsp3) is 0.750. The molecule has 2 rings (SSSR count). The van der Waals surface area contributed by atoms with Gasteiger partial charge in [-0.3, -0.25) is 0 Å². The minimum Gasteiger partial charge on any atom is -0.0654 e. The lowest BCUT2D eigenvalue weighted by Crippen LogP contribution is -2.08. The summed E-state index contributed by atoms with van der Waals surface area (Å²) in [5.41, 5.74) is 1.53. The summed E-state index contributed by atoms with van der Waals surface area (Å²) in [5, 5.41) is 0. The average molecular weight is 329 g/mol. The molecule has 0 radical (unpaired) electrons. The number of hydrogen-bond donors (Lipinski definition) is 0. The summed E-state index contributed by atoms with van der Waals surface area (Å²) in [6.45, 7) is 2.32. The molecule has 0 heterocycles. The Hall–Kier alpha value is -0.780. The van der Waals surface area contributed by atoms with Crippen LogP contribution >= 0.6 is 0 Å². The Bertz CT molecular complexity index is 388. The van der Waals surface area contributed by atoms with Crippen LogP contribution < -0.4 is 0 Å². The highest BCUT2D eigenvalue weighted by molar-refractivity contribution is 5.14. The number of benzene rings is 1. The molecular formula is C24H40. The van der Waals surface area contributed by atoms with E-state index in [0.717, 1.165) is 11.8 Å². The van der Waals surface area contributed by atoms with Gasteiger partial charge in [-0.2, -0.15) is 0 Å². The van der Waals surface area contributed by atoms with Crippen LogP contribution in [0.3, 0.4) is 0 Å². The summed E-state index contributed by atoms with van der Waals surface area (Å²) in [6.07, 6.45) is 21.8. The summed E-state index contributed by atoms with van der Waals surface area (Å²) in [6, 6.07) is 11.1. The molecular weight excluding hydrogens is 288 g/mol. The molecule has 1 saturated carbocycles. The normalized spacial score (nSPS) is 17.0. The van der Waals surface area contributed by atoms with Crippen molar-refractivity contribution in [2.24, 2.45) is 11.8 Å². The van der Waals surface area contributed by atoms with Crippen LogP contribution in [0.5, 0.6) is 0 Å². The van der Waals surface area contributed by atoms with Crippen LogP contribution in [0.2, 0.25) is 0 Å². The van der Waals surface area contributed by atoms with Gasteiger partial charge in [-0.15, -0.1) is 0 Å². The van der Waals surface area contributed by atoms with E-state index >= 15 is 0 Å². The van der Waals surface area contributed by atoms with Crippen LogP contribution in [0.25, 0.3) is 0 Å². The lowest BCUT2D eigenvalue weighted by molar-refractivity contribution is 0.308. The Labute approximate surface area is 151 Å². The zero-order valence-corrected chi connectivity index (χ0v) is 16.1. The van der Waals surface area contributed by atoms with Crippen molar-refractivity contribution >= 4 is 0 Å². The van der Waals surface area contributed by atoms with Crippen molar-refractivity contribution in [1.29, 1.82) is 0 Å². The molecule has 136 valence electrons. The Kier molecular flexibility index (Phi) is 10.2. The van der Waals surface area contributed by atoms with Crippen molar-refractivity contribution < 1.29 is 0 Å². The van der Waals surface area contributed by atoms with Crippen molar-refractivity contribution in [2.45, 2.75) is 103 Å². The van der Waals surface area contributed by atoms with Crippen LogP contribution in [0, 0.1) is 11.8 Å². The lowest BCUT2D eigenvalue weighted by atomic mass is 9.83. The minimum atomic E-state index is 0.964. The number of hydrogen-bond acceptors (Lipinski definition) is 0. The number of aryl methyl sites for hydroxylation is 1. The molecule has 0 amide bonds. The molecule has 1 aromatic carbocycles. The van der Waals surface area contributed by atoms with Gasteiger partial charge in [0.05, 0.1) is 0 Å². The number of rotatable bonds is 12. The molecule has 0 aromatic heterocycles. The SMILES string of the molecule is CCCCCCC(CCCC1CCCCC1)CCc1ccccc1. The van der Waals surface area contributed by atoms with Crippen molar-refractivity contribution in [2.75, 3.05) is 0 Å². The smallest absolute Gasteiger partial charge is 0.0276 e. The first-order valence-electron chi connectivity index (χ1n) is 10.9.